The molecule has 1 amide bonds. The van der Waals surface area contributed by atoms with Crippen molar-refractivity contribution in [1.82, 2.24) is 4.90 Å². The van der Waals surface area contributed by atoms with Crippen LogP contribution in [0.4, 0.5) is 0 Å². The SMILES string of the molecule is O=C1c2c(O)c(O)c(O)c(O)c2CC2CCCN12. The fraction of sp³-hybridized carbons (Fsp3) is 0.417. The third-order valence-electron chi connectivity index (χ3n) is 3.79. The highest BCUT2D eigenvalue weighted by atomic mass is 16.3. The molecule has 0 bridgehead atoms. The van der Waals surface area contributed by atoms with Gasteiger partial charge in [0.25, 0.3) is 5.91 Å². The van der Waals surface area contributed by atoms with E-state index in [0.717, 1.165) is 12.8 Å². The van der Waals surface area contributed by atoms with Crippen LogP contribution in [0.5, 0.6) is 23.0 Å². The van der Waals surface area contributed by atoms with Gasteiger partial charge in [0.05, 0.1) is 5.56 Å². The molecule has 0 spiro atoms. The third-order valence-corrected chi connectivity index (χ3v) is 3.79. The monoisotopic (exact) mass is 251 g/mol. The summed E-state index contributed by atoms with van der Waals surface area (Å²) in [6, 6.07) is -0.000701. The third kappa shape index (κ3) is 1.20. The summed E-state index contributed by atoms with van der Waals surface area (Å²) in [4.78, 5) is 13.8. The van der Waals surface area contributed by atoms with E-state index in [9.17, 15) is 25.2 Å². The largest absolute Gasteiger partial charge is 0.504 e. The summed E-state index contributed by atoms with van der Waals surface area (Å²) in [5.74, 6) is -3.19. The highest BCUT2D eigenvalue weighted by Crippen LogP contribution is 2.50. The summed E-state index contributed by atoms with van der Waals surface area (Å²) in [6.07, 6.45) is 2.10. The average Bonchev–Trinajstić information content (AvgIpc) is 2.82. The minimum Gasteiger partial charge on any atom is -0.504 e. The molecule has 2 aliphatic rings. The van der Waals surface area contributed by atoms with Crippen molar-refractivity contribution in [2.24, 2.45) is 0 Å². The van der Waals surface area contributed by atoms with Gasteiger partial charge in [-0.1, -0.05) is 0 Å². The van der Waals surface area contributed by atoms with Crippen molar-refractivity contribution in [3.05, 3.63) is 11.1 Å². The van der Waals surface area contributed by atoms with E-state index in [2.05, 4.69) is 0 Å². The molecule has 18 heavy (non-hydrogen) atoms. The van der Waals surface area contributed by atoms with Gasteiger partial charge in [0.2, 0.25) is 11.5 Å². The van der Waals surface area contributed by atoms with Crippen molar-refractivity contribution in [2.45, 2.75) is 25.3 Å². The van der Waals surface area contributed by atoms with Gasteiger partial charge in [-0.25, -0.2) is 0 Å². The van der Waals surface area contributed by atoms with Gasteiger partial charge in [-0.15, -0.1) is 0 Å². The maximum atomic E-state index is 12.2. The number of phenols is 4. The first kappa shape index (κ1) is 11.0. The topological polar surface area (TPSA) is 101 Å². The van der Waals surface area contributed by atoms with E-state index in [0.29, 0.717) is 13.0 Å². The first-order valence-corrected chi connectivity index (χ1v) is 5.82. The lowest BCUT2D eigenvalue weighted by Gasteiger charge is -2.32. The van der Waals surface area contributed by atoms with Crippen LogP contribution in [-0.2, 0) is 6.42 Å². The number of aromatic hydroxyl groups is 4. The molecule has 0 radical (unpaired) electrons. The summed E-state index contributed by atoms with van der Waals surface area (Å²) >= 11 is 0. The van der Waals surface area contributed by atoms with Gasteiger partial charge in [-0.2, -0.15) is 0 Å². The van der Waals surface area contributed by atoms with Crippen LogP contribution in [0.15, 0.2) is 0 Å². The average molecular weight is 251 g/mol. The molecular weight excluding hydrogens is 238 g/mol. The van der Waals surface area contributed by atoms with Crippen LogP contribution in [0.25, 0.3) is 0 Å². The number of hydrogen-bond donors (Lipinski definition) is 4. The Morgan fingerprint density at radius 2 is 1.67 bits per heavy atom. The second-order valence-corrected chi connectivity index (χ2v) is 4.75. The summed E-state index contributed by atoms with van der Waals surface area (Å²) in [5.41, 5.74) is 0.122. The predicted molar refractivity (Wildman–Crippen MR) is 60.9 cm³/mol. The highest BCUT2D eigenvalue weighted by molar-refractivity contribution is 6.02. The van der Waals surface area contributed by atoms with E-state index in [1.54, 1.807) is 4.90 Å². The number of benzene rings is 1. The molecule has 0 aliphatic carbocycles. The second kappa shape index (κ2) is 3.44. The molecular formula is C12H13NO5. The Kier molecular flexibility index (Phi) is 2.10. The van der Waals surface area contributed by atoms with Gasteiger partial charge in [-0.05, 0) is 19.3 Å². The number of hydrogen-bond acceptors (Lipinski definition) is 5. The smallest absolute Gasteiger partial charge is 0.258 e. The van der Waals surface area contributed by atoms with Crippen molar-refractivity contribution in [3.63, 3.8) is 0 Å². The van der Waals surface area contributed by atoms with Gasteiger partial charge in [0.15, 0.2) is 11.5 Å². The maximum Gasteiger partial charge on any atom is 0.258 e. The van der Waals surface area contributed by atoms with Crippen LogP contribution >= 0.6 is 0 Å². The van der Waals surface area contributed by atoms with Crippen molar-refractivity contribution >= 4 is 5.91 Å². The number of carbonyl (C=O) groups is 1. The van der Waals surface area contributed by atoms with E-state index < -0.39 is 28.9 Å². The molecule has 96 valence electrons. The molecule has 1 aromatic carbocycles. The molecule has 3 rings (SSSR count). The molecule has 1 saturated heterocycles. The zero-order chi connectivity index (χ0) is 13.0. The Labute approximate surface area is 103 Å². The molecule has 2 aliphatic heterocycles. The van der Waals surface area contributed by atoms with Crippen molar-refractivity contribution in [3.8, 4) is 23.0 Å². The molecule has 1 atom stereocenters. The van der Waals surface area contributed by atoms with Crippen LogP contribution in [-0.4, -0.2) is 43.8 Å². The second-order valence-electron chi connectivity index (χ2n) is 4.75. The highest BCUT2D eigenvalue weighted by Gasteiger charge is 2.40. The summed E-state index contributed by atoms with van der Waals surface area (Å²) in [5, 5.41) is 38.5. The molecule has 4 N–H and O–H groups in total. The normalized spacial score (nSPS) is 21.9. The van der Waals surface area contributed by atoms with Crippen molar-refractivity contribution in [1.29, 1.82) is 0 Å². The Morgan fingerprint density at radius 1 is 1.00 bits per heavy atom. The van der Waals surface area contributed by atoms with E-state index in [4.69, 9.17) is 0 Å². The van der Waals surface area contributed by atoms with Gasteiger partial charge in [0.1, 0.15) is 0 Å². The molecule has 2 heterocycles. The number of amides is 1. The van der Waals surface area contributed by atoms with Crippen molar-refractivity contribution in [2.75, 3.05) is 6.54 Å². The molecule has 1 unspecified atom stereocenters. The number of nitrogens with zero attached hydrogens (tertiary/aromatic N) is 1. The minimum absolute atomic E-state index is 0.000701. The fourth-order valence-electron chi connectivity index (χ4n) is 2.87. The van der Waals surface area contributed by atoms with Crippen LogP contribution in [0.3, 0.4) is 0 Å². The Bertz CT molecular complexity index is 554. The van der Waals surface area contributed by atoms with E-state index >= 15 is 0 Å². The first-order valence-electron chi connectivity index (χ1n) is 5.82. The van der Waals surface area contributed by atoms with E-state index in [-0.39, 0.29) is 17.2 Å². The maximum absolute atomic E-state index is 12.2. The lowest BCUT2D eigenvalue weighted by molar-refractivity contribution is 0.0707. The van der Waals surface area contributed by atoms with Crippen LogP contribution in [0, 0.1) is 0 Å². The van der Waals surface area contributed by atoms with Gasteiger partial charge in [-0.3, -0.25) is 4.79 Å². The summed E-state index contributed by atoms with van der Waals surface area (Å²) in [7, 11) is 0. The van der Waals surface area contributed by atoms with E-state index in [1.807, 2.05) is 0 Å². The van der Waals surface area contributed by atoms with Crippen LogP contribution in [0.1, 0.15) is 28.8 Å². The first-order chi connectivity index (χ1) is 8.52. The molecule has 6 nitrogen and oxygen atoms in total. The Morgan fingerprint density at radius 3 is 2.39 bits per heavy atom. The standard InChI is InChI=1S/C12H13NO5/c14-8-6-4-5-2-1-3-13(5)12(18)7(6)9(15)11(17)10(8)16/h5,14-17H,1-4H2. The van der Waals surface area contributed by atoms with Crippen molar-refractivity contribution < 1.29 is 25.2 Å². The fourth-order valence-corrected chi connectivity index (χ4v) is 2.87. The zero-order valence-electron chi connectivity index (χ0n) is 9.55. The van der Waals surface area contributed by atoms with Crippen LogP contribution in [0.2, 0.25) is 0 Å². The summed E-state index contributed by atoms with van der Waals surface area (Å²) < 4.78 is 0. The molecule has 0 aromatic heterocycles. The zero-order valence-corrected chi connectivity index (χ0v) is 9.55. The molecule has 0 saturated carbocycles. The van der Waals surface area contributed by atoms with Gasteiger partial charge in [0, 0.05) is 18.2 Å². The molecule has 1 fully saturated rings. The lowest BCUT2D eigenvalue weighted by Crippen LogP contribution is -2.41. The lowest BCUT2D eigenvalue weighted by atomic mass is 9.91. The molecule has 1 aromatic rings. The minimum atomic E-state index is -0.850. The van der Waals surface area contributed by atoms with Crippen LogP contribution < -0.4 is 0 Å². The number of fused-ring (bicyclic) bond motifs is 2. The number of rotatable bonds is 0. The Balaban J connectivity index is 2.25. The predicted octanol–water partition coefficient (Wildman–Crippen LogP) is 0.670. The molecule has 6 heteroatoms. The Hall–Kier alpha value is -2.11. The van der Waals surface area contributed by atoms with Gasteiger partial charge >= 0.3 is 0 Å². The number of phenolic OH excluding ortho intramolecular Hbond substituents is 4. The quantitative estimate of drug-likeness (QED) is 0.401. The number of carbonyl (C=O) groups excluding carboxylic acids is 1. The summed E-state index contributed by atoms with van der Waals surface area (Å²) in [6.45, 7) is 0.616. The van der Waals surface area contributed by atoms with Gasteiger partial charge < -0.3 is 25.3 Å². The van der Waals surface area contributed by atoms with E-state index in [1.165, 1.54) is 0 Å².